The molecule has 6 heteroatoms. The molecule has 78 valence electrons. The van der Waals surface area contributed by atoms with Crippen LogP contribution in [0, 0.1) is 0 Å². The van der Waals surface area contributed by atoms with Gasteiger partial charge in [-0.05, 0) is 36.7 Å². The Balaban J connectivity index is 2.50. The number of ether oxygens (including phenoxy) is 1. The van der Waals surface area contributed by atoms with Crippen LogP contribution >= 0.6 is 27.3 Å². The zero-order valence-corrected chi connectivity index (χ0v) is 10.5. The number of nitrogens with zero attached hydrogens (tertiary/aromatic N) is 1. The van der Waals surface area contributed by atoms with E-state index in [4.69, 9.17) is 4.74 Å². The zero-order chi connectivity index (χ0) is 10.8. The van der Waals surface area contributed by atoms with Crippen LogP contribution < -0.4 is 10.1 Å². The molecule has 1 aromatic heterocycles. The standard InChI is InChI=1S/C8H11BrN2O2S/c1-8(2,3)11-6(12)13-7-10-5(9)4-14-7/h4H,1-3H3,(H,11,12). The van der Waals surface area contributed by atoms with E-state index in [1.807, 2.05) is 20.8 Å². The lowest BCUT2D eigenvalue weighted by atomic mass is 10.1. The van der Waals surface area contributed by atoms with E-state index in [1.54, 1.807) is 5.38 Å². The summed E-state index contributed by atoms with van der Waals surface area (Å²) in [5.74, 6) is 0. The second-order valence-electron chi connectivity index (χ2n) is 3.70. The lowest BCUT2D eigenvalue weighted by Crippen LogP contribution is -2.42. The van der Waals surface area contributed by atoms with E-state index < -0.39 is 6.09 Å². The Morgan fingerprint density at radius 2 is 2.29 bits per heavy atom. The number of carbonyl (C=O) groups excluding carboxylic acids is 1. The van der Waals surface area contributed by atoms with Crippen LogP contribution in [0.15, 0.2) is 9.98 Å². The first kappa shape index (κ1) is 11.5. The summed E-state index contributed by atoms with van der Waals surface area (Å²) in [5, 5.41) is 4.75. The summed E-state index contributed by atoms with van der Waals surface area (Å²) in [4.78, 5) is 15.2. The largest absolute Gasteiger partial charge is 0.414 e. The second kappa shape index (κ2) is 4.27. The van der Waals surface area contributed by atoms with Crippen LogP contribution in [0.5, 0.6) is 5.19 Å². The quantitative estimate of drug-likeness (QED) is 0.860. The summed E-state index contributed by atoms with van der Waals surface area (Å²) in [5.41, 5.74) is -0.300. The molecule has 1 heterocycles. The fourth-order valence-corrected chi connectivity index (χ4v) is 1.78. The first-order valence-electron chi connectivity index (χ1n) is 3.98. The van der Waals surface area contributed by atoms with E-state index in [0.717, 1.165) is 0 Å². The highest BCUT2D eigenvalue weighted by atomic mass is 79.9. The van der Waals surface area contributed by atoms with Crippen LogP contribution in [-0.2, 0) is 0 Å². The van der Waals surface area contributed by atoms with Crippen LogP contribution in [0.4, 0.5) is 4.79 Å². The fraction of sp³-hybridized carbons (Fsp3) is 0.500. The van der Waals surface area contributed by atoms with Crippen molar-refractivity contribution in [3.05, 3.63) is 9.98 Å². The Morgan fingerprint density at radius 3 is 2.71 bits per heavy atom. The van der Waals surface area contributed by atoms with Crippen molar-refractivity contribution in [2.24, 2.45) is 0 Å². The Hall–Kier alpha value is -0.620. The summed E-state index contributed by atoms with van der Waals surface area (Å²) in [6, 6.07) is 0. The Morgan fingerprint density at radius 1 is 1.64 bits per heavy atom. The smallest absolute Gasteiger partial charge is 0.381 e. The van der Waals surface area contributed by atoms with Crippen LogP contribution in [-0.4, -0.2) is 16.6 Å². The van der Waals surface area contributed by atoms with E-state index >= 15 is 0 Å². The first-order chi connectivity index (χ1) is 6.37. The predicted molar refractivity (Wildman–Crippen MR) is 58.7 cm³/mol. The van der Waals surface area contributed by atoms with Gasteiger partial charge in [-0.3, -0.25) is 0 Å². The Kier molecular flexibility index (Phi) is 3.49. The molecule has 0 saturated heterocycles. The maximum absolute atomic E-state index is 11.3. The van der Waals surface area contributed by atoms with Gasteiger partial charge in [-0.15, -0.1) is 0 Å². The van der Waals surface area contributed by atoms with Gasteiger partial charge in [0.1, 0.15) is 4.60 Å². The number of hydrogen-bond acceptors (Lipinski definition) is 4. The molecular formula is C8H11BrN2O2S. The third-order valence-electron chi connectivity index (χ3n) is 1.11. The van der Waals surface area contributed by atoms with Crippen molar-refractivity contribution in [1.29, 1.82) is 0 Å². The summed E-state index contributed by atoms with van der Waals surface area (Å²) in [7, 11) is 0. The van der Waals surface area contributed by atoms with E-state index in [0.29, 0.717) is 9.80 Å². The van der Waals surface area contributed by atoms with Gasteiger partial charge < -0.3 is 10.1 Å². The molecule has 0 radical (unpaired) electrons. The normalized spacial score (nSPS) is 11.1. The maximum atomic E-state index is 11.3. The Bertz CT molecular complexity index is 332. The molecule has 0 aliphatic heterocycles. The zero-order valence-electron chi connectivity index (χ0n) is 8.13. The fourth-order valence-electron chi connectivity index (χ4n) is 0.697. The molecular weight excluding hydrogens is 268 g/mol. The van der Waals surface area contributed by atoms with Crippen molar-refractivity contribution in [2.45, 2.75) is 26.3 Å². The molecule has 14 heavy (non-hydrogen) atoms. The molecule has 1 N–H and O–H groups in total. The monoisotopic (exact) mass is 278 g/mol. The molecule has 0 spiro atoms. The molecule has 1 rings (SSSR count). The van der Waals surface area contributed by atoms with Gasteiger partial charge in [-0.2, -0.15) is 4.98 Å². The van der Waals surface area contributed by atoms with Gasteiger partial charge in [0.05, 0.1) is 0 Å². The molecule has 0 aliphatic carbocycles. The Labute approximate surface area is 94.8 Å². The minimum atomic E-state index is -0.487. The first-order valence-corrected chi connectivity index (χ1v) is 5.65. The SMILES string of the molecule is CC(C)(C)NC(=O)Oc1nc(Br)cs1. The molecule has 0 unspecified atom stereocenters. The molecule has 1 amide bonds. The number of rotatable bonds is 1. The molecule has 4 nitrogen and oxygen atoms in total. The summed E-state index contributed by atoms with van der Waals surface area (Å²) < 4.78 is 5.61. The number of nitrogens with one attached hydrogen (secondary N) is 1. The molecule has 0 atom stereocenters. The van der Waals surface area contributed by atoms with Crippen molar-refractivity contribution in [1.82, 2.24) is 10.3 Å². The van der Waals surface area contributed by atoms with Crippen molar-refractivity contribution in [2.75, 3.05) is 0 Å². The highest BCUT2D eigenvalue weighted by molar-refractivity contribution is 9.10. The van der Waals surface area contributed by atoms with Gasteiger partial charge in [0.25, 0.3) is 5.19 Å². The van der Waals surface area contributed by atoms with Crippen molar-refractivity contribution in [3.8, 4) is 5.19 Å². The molecule has 1 aromatic rings. The van der Waals surface area contributed by atoms with Crippen molar-refractivity contribution >= 4 is 33.4 Å². The van der Waals surface area contributed by atoms with Gasteiger partial charge in [0.15, 0.2) is 0 Å². The van der Waals surface area contributed by atoms with Crippen LogP contribution in [0.25, 0.3) is 0 Å². The average molecular weight is 279 g/mol. The van der Waals surface area contributed by atoms with Gasteiger partial charge in [0.2, 0.25) is 0 Å². The summed E-state index contributed by atoms with van der Waals surface area (Å²) in [6.45, 7) is 5.64. The lowest BCUT2D eigenvalue weighted by molar-refractivity contribution is 0.190. The number of thiazole rings is 1. The molecule has 0 fully saturated rings. The van der Waals surface area contributed by atoms with Gasteiger partial charge in [0, 0.05) is 10.9 Å². The number of carbonyl (C=O) groups is 1. The molecule has 0 saturated carbocycles. The van der Waals surface area contributed by atoms with Crippen LogP contribution in [0.2, 0.25) is 0 Å². The molecule has 0 aliphatic rings. The number of halogens is 1. The van der Waals surface area contributed by atoms with Gasteiger partial charge >= 0.3 is 6.09 Å². The number of aromatic nitrogens is 1. The van der Waals surface area contributed by atoms with E-state index in [2.05, 4.69) is 26.2 Å². The number of amides is 1. The maximum Gasteiger partial charge on any atom is 0.414 e. The topological polar surface area (TPSA) is 51.2 Å². The van der Waals surface area contributed by atoms with E-state index in [9.17, 15) is 4.79 Å². The minimum Gasteiger partial charge on any atom is -0.381 e. The second-order valence-corrected chi connectivity index (χ2v) is 5.33. The van der Waals surface area contributed by atoms with Crippen molar-refractivity contribution < 1.29 is 9.53 Å². The van der Waals surface area contributed by atoms with E-state index in [-0.39, 0.29) is 5.54 Å². The highest BCUT2D eigenvalue weighted by Gasteiger charge is 2.16. The minimum absolute atomic E-state index is 0.300. The average Bonchev–Trinajstić information content (AvgIpc) is 2.30. The lowest BCUT2D eigenvalue weighted by Gasteiger charge is -2.18. The van der Waals surface area contributed by atoms with Crippen LogP contribution in [0.3, 0.4) is 0 Å². The number of hydrogen-bond donors (Lipinski definition) is 1. The van der Waals surface area contributed by atoms with Gasteiger partial charge in [-0.1, -0.05) is 11.3 Å². The summed E-state index contributed by atoms with van der Waals surface area (Å²) >= 11 is 4.43. The molecule has 0 bridgehead atoms. The van der Waals surface area contributed by atoms with Gasteiger partial charge in [-0.25, -0.2) is 4.79 Å². The van der Waals surface area contributed by atoms with Crippen LogP contribution in [0.1, 0.15) is 20.8 Å². The third kappa shape index (κ3) is 4.06. The summed E-state index contributed by atoms with van der Waals surface area (Å²) in [6.07, 6.45) is -0.487. The third-order valence-corrected chi connectivity index (χ3v) is 2.54. The van der Waals surface area contributed by atoms with E-state index in [1.165, 1.54) is 11.3 Å². The highest BCUT2D eigenvalue weighted by Crippen LogP contribution is 2.21. The van der Waals surface area contributed by atoms with Crippen molar-refractivity contribution in [3.63, 3.8) is 0 Å². The molecule has 0 aromatic carbocycles. The predicted octanol–water partition coefficient (Wildman–Crippen LogP) is 2.79.